The molecule has 38 heavy (non-hydrogen) atoms. The normalized spacial score (nSPS) is 14.5. The van der Waals surface area contributed by atoms with Gasteiger partial charge in [0, 0.05) is 29.9 Å². The second-order valence-corrected chi connectivity index (χ2v) is 10.6. The number of imide groups is 1. The molecule has 2 aromatic rings. The lowest BCUT2D eigenvalue weighted by Gasteiger charge is -2.36. The number of nitrogens with two attached hydrogens (primary N) is 1. The Hall–Kier alpha value is -3.18. The number of unbranched alkanes of at least 4 members (excludes halogenated alkanes) is 1. The Morgan fingerprint density at radius 2 is 1.82 bits per heavy atom. The topological polar surface area (TPSA) is 160 Å². The number of aliphatic carboxylic acids is 1. The lowest BCUT2D eigenvalue weighted by molar-refractivity contribution is -0.160. The standard InChI is InChI=1S/C27H37N3O7S/c1-16(2)13-20(28)24(33)30(26(36)27(38,17(3)31)12-8-7-11-23(32)37-4)22(25(34)35)14-18-15-29-21-10-6-5-9-19(18)21/h5-6,9-10,15-16,20,22,29,38H,7-8,11-14,28H2,1-4H3,(H,34,35). The van der Waals surface area contributed by atoms with Gasteiger partial charge < -0.3 is 20.6 Å². The summed E-state index contributed by atoms with van der Waals surface area (Å²) in [6, 6.07) is 4.46. The SMILES string of the molecule is COC(=O)CCCCC(S)(C(C)=O)C(=O)N(C(=O)C(N)CC(C)C)C(Cc1c[nH]c2ccccc12)C(=O)O. The van der Waals surface area contributed by atoms with Gasteiger partial charge in [0.2, 0.25) is 5.91 Å². The summed E-state index contributed by atoms with van der Waals surface area (Å²) in [7, 11) is 1.26. The molecule has 1 heterocycles. The monoisotopic (exact) mass is 547 g/mol. The summed E-state index contributed by atoms with van der Waals surface area (Å²) in [6.45, 7) is 4.86. The number of carbonyl (C=O) groups is 5. The van der Waals surface area contributed by atoms with Crippen molar-refractivity contribution in [3.63, 3.8) is 0 Å². The number of Topliss-reactive ketones (excluding diaryl/α,β-unsaturated/α-hetero) is 1. The van der Waals surface area contributed by atoms with E-state index in [4.69, 9.17) is 5.73 Å². The molecular weight excluding hydrogens is 510 g/mol. The summed E-state index contributed by atoms with van der Waals surface area (Å²) < 4.78 is 2.63. The van der Waals surface area contributed by atoms with E-state index in [-0.39, 0.29) is 38.0 Å². The molecule has 0 aliphatic heterocycles. The van der Waals surface area contributed by atoms with Crippen LogP contribution in [0.15, 0.2) is 30.5 Å². The fourth-order valence-electron chi connectivity index (χ4n) is 4.37. The molecule has 4 N–H and O–H groups in total. The second-order valence-electron chi connectivity index (χ2n) is 9.87. The average Bonchev–Trinajstić information content (AvgIpc) is 3.27. The minimum absolute atomic E-state index is 0.00492. The van der Waals surface area contributed by atoms with Crippen LogP contribution in [-0.4, -0.2) is 68.5 Å². The number of carbonyl (C=O) groups excluding carboxylic acids is 4. The van der Waals surface area contributed by atoms with Gasteiger partial charge in [-0.2, -0.15) is 12.6 Å². The third-order valence-electron chi connectivity index (χ3n) is 6.52. The van der Waals surface area contributed by atoms with Gasteiger partial charge in [-0.05, 0) is 43.7 Å². The number of ketones is 1. The van der Waals surface area contributed by atoms with Gasteiger partial charge in [-0.25, -0.2) is 4.79 Å². The number of rotatable bonds is 14. The molecule has 0 spiro atoms. The predicted octanol–water partition coefficient (Wildman–Crippen LogP) is 2.88. The molecule has 208 valence electrons. The summed E-state index contributed by atoms with van der Waals surface area (Å²) in [5.74, 6) is -4.43. The zero-order valence-corrected chi connectivity index (χ0v) is 23.1. The van der Waals surface area contributed by atoms with Gasteiger partial charge in [-0.15, -0.1) is 0 Å². The molecule has 0 aliphatic rings. The van der Waals surface area contributed by atoms with Crippen LogP contribution < -0.4 is 5.73 Å². The number of carboxylic acids is 1. The second kappa shape index (κ2) is 13.6. The number of thiol groups is 1. The fourth-order valence-corrected chi connectivity index (χ4v) is 4.63. The van der Waals surface area contributed by atoms with Crippen LogP contribution in [0.2, 0.25) is 0 Å². The zero-order valence-electron chi connectivity index (χ0n) is 22.2. The summed E-state index contributed by atoms with van der Waals surface area (Å²) in [5, 5.41) is 11.0. The first-order valence-corrected chi connectivity index (χ1v) is 13.0. The van der Waals surface area contributed by atoms with Gasteiger partial charge in [0.15, 0.2) is 10.5 Å². The number of amides is 2. The number of aromatic amines is 1. The van der Waals surface area contributed by atoms with Crippen molar-refractivity contribution in [1.29, 1.82) is 0 Å². The van der Waals surface area contributed by atoms with Crippen molar-refractivity contribution >= 4 is 53.1 Å². The molecule has 0 aliphatic carbocycles. The Labute approximate surface area is 227 Å². The number of nitrogens with one attached hydrogen (secondary N) is 1. The van der Waals surface area contributed by atoms with E-state index < -0.39 is 46.4 Å². The van der Waals surface area contributed by atoms with Gasteiger partial charge in [-0.3, -0.25) is 24.1 Å². The largest absolute Gasteiger partial charge is 0.480 e. The summed E-state index contributed by atoms with van der Waals surface area (Å²) >= 11 is 4.42. The van der Waals surface area contributed by atoms with Gasteiger partial charge in [0.25, 0.3) is 5.91 Å². The number of methoxy groups -OCH3 is 1. The highest BCUT2D eigenvalue weighted by Crippen LogP contribution is 2.30. The number of esters is 1. The predicted molar refractivity (Wildman–Crippen MR) is 146 cm³/mol. The number of fused-ring (bicyclic) bond motifs is 1. The van der Waals surface area contributed by atoms with Crippen molar-refractivity contribution in [2.45, 2.75) is 76.1 Å². The molecule has 1 aromatic heterocycles. The van der Waals surface area contributed by atoms with Gasteiger partial charge in [-0.1, -0.05) is 38.5 Å². The summed E-state index contributed by atoms with van der Waals surface area (Å²) in [5.41, 5.74) is 7.50. The number of ether oxygens (including phenoxy) is 1. The Morgan fingerprint density at radius 1 is 1.16 bits per heavy atom. The number of hydrogen-bond donors (Lipinski definition) is 4. The highest BCUT2D eigenvalue weighted by molar-refractivity contribution is 7.83. The highest BCUT2D eigenvalue weighted by atomic mass is 32.1. The van der Waals surface area contributed by atoms with Gasteiger partial charge >= 0.3 is 11.9 Å². The van der Waals surface area contributed by atoms with Crippen LogP contribution in [0.5, 0.6) is 0 Å². The van der Waals surface area contributed by atoms with Crippen LogP contribution in [0.25, 0.3) is 10.9 Å². The Balaban J connectivity index is 2.50. The van der Waals surface area contributed by atoms with Crippen molar-refractivity contribution in [2.24, 2.45) is 11.7 Å². The number of hydrogen-bond acceptors (Lipinski definition) is 8. The third kappa shape index (κ3) is 7.44. The van der Waals surface area contributed by atoms with Crippen molar-refractivity contribution in [2.75, 3.05) is 7.11 Å². The van der Waals surface area contributed by atoms with Crippen LogP contribution in [0.1, 0.15) is 58.4 Å². The zero-order chi connectivity index (χ0) is 28.6. The van der Waals surface area contributed by atoms with E-state index in [1.807, 2.05) is 26.0 Å². The molecule has 0 radical (unpaired) electrons. The molecule has 0 bridgehead atoms. The molecule has 0 fully saturated rings. The van der Waals surface area contributed by atoms with Gasteiger partial charge in [0.1, 0.15) is 6.04 Å². The van der Waals surface area contributed by atoms with E-state index in [9.17, 15) is 29.1 Å². The number of H-pyrrole nitrogens is 1. The van der Waals surface area contributed by atoms with Crippen molar-refractivity contribution < 1.29 is 33.8 Å². The molecular formula is C27H37N3O7S. The maximum atomic E-state index is 14.0. The molecule has 1 aromatic carbocycles. The molecule has 2 amide bonds. The van der Waals surface area contributed by atoms with E-state index in [0.29, 0.717) is 16.9 Å². The summed E-state index contributed by atoms with van der Waals surface area (Å²) in [6.07, 6.45) is 2.17. The first kappa shape index (κ1) is 31.0. The van der Waals surface area contributed by atoms with E-state index >= 15 is 0 Å². The van der Waals surface area contributed by atoms with Gasteiger partial charge in [0.05, 0.1) is 13.2 Å². The van der Waals surface area contributed by atoms with Crippen molar-refractivity contribution in [1.82, 2.24) is 9.88 Å². The van der Waals surface area contributed by atoms with Crippen LogP contribution in [-0.2, 0) is 35.1 Å². The van der Waals surface area contributed by atoms with E-state index in [0.717, 1.165) is 17.8 Å². The van der Waals surface area contributed by atoms with Crippen molar-refractivity contribution in [3.8, 4) is 0 Å². The van der Waals surface area contributed by atoms with Crippen LogP contribution in [0, 0.1) is 5.92 Å². The Morgan fingerprint density at radius 3 is 2.39 bits per heavy atom. The lowest BCUT2D eigenvalue weighted by atomic mass is 9.92. The van der Waals surface area contributed by atoms with Crippen LogP contribution in [0.3, 0.4) is 0 Å². The number of benzene rings is 1. The minimum Gasteiger partial charge on any atom is -0.480 e. The molecule has 10 nitrogen and oxygen atoms in total. The van der Waals surface area contributed by atoms with E-state index in [2.05, 4.69) is 22.3 Å². The first-order chi connectivity index (χ1) is 17.8. The number of para-hydroxylation sites is 1. The number of aromatic nitrogens is 1. The molecule has 11 heteroatoms. The Bertz CT molecular complexity index is 1180. The van der Waals surface area contributed by atoms with E-state index in [1.54, 1.807) is 18.3 Å². The smallest absolute Gasteiger partial charge is 0.327 e. The molecule has 0 saturated carbocycles. The average molecular weight is 548 g/mol. The number of carboxylic acid groups (broad SMARTS) is 1. The van der Waals surface area contributed by atoms with Crippen LogP contribution in [0.4, 0.5) is 0 Å². The lowest BCUT2D eigenvalue weighted by Crippen LogP contribution is -2.61. The van der Waals surface area contributed by atoms with Crippen molar-refractivity contribution in [3.05, 3.63) is 36.0 Å². The third-order valence-corrected chi connectivity index (χ3v) is 7.25. The minimum atomic E-state index is -1.99. The maximum absolute atomic E-state index is 14.0. The first-order valence-electron chi connectivity index (χ1n) is 12.5. The highest BCUT2D eigenvalue weighted by Gasteiger charge is 2.48. The quantitative estimate of drug-likeness (QED) is 0.122. The molecule has 2 rings (SSSR count). The number of nitrogens with zero attached hydrogens (tertiary/aromatic N) is 1. The molecule has 3 atom stereocenters. The van der Waals surface area contributed by atoms with E-state index in [1.165, 1.54) is 7.11 Å². The Kier molecular flexibility index (Phi) is 11.1. The van der Waals surface area contributed by atoms with Crippen LogP contribution >= 0.6 is 12.6 Å². The molecule has 0 saturated heterocycles. The summed E-state index contributed by atoms with van der Waals surface area (Å²) in [4.78, 5) is 68.0. The fraction of sp³-hybridized carbons (Fsp3) is 0.519. The molecule has 3 unspecified atom stereocenters. The maximum Gasteiger partial charge on any atom is 0.327 e.